The lowest BCUT2D eigenvalue weighted by molar-refractivity contribution is 0.307. The Labute approximate surface area is 73.3 Å². The largest absolute Gasteiger partial charge is 0.343 e. The number of thiocarbonyl (C=S) groups is 1. The Morgan fingerprint density at radius 2 is 2.09 bits per heavy atom. The van der Waals surface area contributed by atoms with Gasteiger partial charge in [0.05, 0.1) is 5.54 Å². The third-order valence-electron chi connectivity index (χ3n) is 2.04. The van der Waals surface area contributed by atoms with Crippen LogP contribution in [0.25, 0.3) is 0 Å². The molecule has 1 rings (SSSR count). The fourth-order valence-corrected chi connectivity index (χ4v) is 1.57. The van der Waals surface area contributed by atoms with Crippen LogP contribution in [-0.2, 0) is 0 Å². The molecule has 0 saturated carbocycles. The molecule has 0 atom stereocenters. The van der Waals surface area contributed by atoms with Gasteiger partial charge in [0.1, 0.15) is 0 Å². The summed E-state index contributed by atoms with van der Waals surface area (Å²) in [6, 6.07) is 0. The van der Waals surface area contributed by atoms with Gasteiger partial charge in [-0.25, -0.2) is 0 Å². The van der Waals surface area contributed by atoms with E-state index in [4.69, 9.17) is 12.2 Å². The van der Waals surface area contributed by atoms with Gasteiger partial charge in [0.2, 0.25) is 0 Å². The molecule has 0 fully saturated rings. The molecule has 2 nitrogen and oxygen atoms in total. The topological polar surface area (TPSA) is 15.3 Å². The van der Waals surface area contributed by atoms with Crippen LogP contribution in [0, 0.1) is 0 Å². The molecule has 0 spiro atoms. The SMILES string of the molecule is CC1=CC(C)(C)N(C)C(=S)N1. The van der Waals surface area contributed by atoms with Gasteiger partial charge >= 0.3 is 0 Å². The summed E-state index contributed by atoms with van der Waals surface area (Å²) >= 11 is 5.13. The molecule has 3 heteroatoms. The van der Waals surface area contributed by atoms with Gasteiger partial charge in [0.25, 0.3) is 0 Å². The van der Waals surface area contributed by atoms with Crippen molar-refractivity contribution in [3.63, 3.8) is 0 Å². The van der Waals surface area contributed by atoms with Gasteiger partial charge in [0, 0.05) is 12.7 Å². The first kappa shape index (κ1) is 8.53. The molecule has 0 unspecified atom stereocenters. The fraction of sp³-hybridized carbons (Fsp3) is 0.625. The molecule has 0 bridgehead atoms. The van der Waals surface area contributed by atoms with Crippen molar-refractivity contribution in [3.05, 3.63) is 11.8 Å². The van der Waals surface area contributed by atoms with Crippen LogP contribution in [0.4, 0.5) is 0 Å². The Kier molecular flexibility index (Phi) is 1.92. The number of hydrogen-bond acceptors (Lipinski definition) is 1. The monoisotopic (exact) mass is 170 g/mol. The Hall–Kier alpha value is -0.570. The second-order valence-corrected chi connectivity index (χ2v) is 3.86. The molecule has 0 radical (unpaired) electrons. The first-order valence-electron chi connectivity index (χ1n) is 3.68. The predicted octanol–water partition coefficient (Wildman–Crippen LogP) is 1.49. The molecule has 1 aliphatic heterocycles. The lowest BCUT2D eigenvalue weighted by Gasteiger charge is -2.39. The minimum atomic E-state index is 0.0480. The quantitative estimate of drug-likeness (QED) is 0.554. The molecule has 1 aliphatic rings. The molecule has 1 N–H and O–H groups in total. The summed E-state index contributed by atoms with van der Waals surface area (Å²) in [5.41, 5.74) is 1.19. The zero-order valence-corrected chi connectivity index (χ0v) is 8.25. The molecule has 11 heavy (non-hydrogen) atoms. The normalized spacial score (nSPS) is 22.7. The molecular weight excluding hydrogens is 156 g/mol. The van der Waals surface area contributed by atoms with Gasteiger partial charge < -0.3 is 10.2 Å². The van der Waals surface area contributed by atoms with E-state index in [1.807, 2.05) is 14.0 Å². The third kappa shape index (κ3) is 1.53. The van der Waals surface area contributed by atoms with E-state index in [0.29, 0.717) is 0 Å². The highest BCUT2D eigenvalue weighted by Gasteiger charge is 2.26. The van der Waals surface area contributed by atoms with Crippen molar-refractivity contribution in [1.82, 2.24) is 10.2 Å². The lowest BCUT2D eigenvalue weighted by atomic mass is 10.0. The standard InChI is InChI=1S/C8H14N2S/c1-6-5-8(2,3)10(4)7(11)9-6/h5H,1-4H3,(H,9,11). The molecule has 0 aliphatic carbocycles. The number of rotatable bonds is 0. The van der Waals surface area contributed by atoms with Crippen LogP contribution >= 0.6 is 12.2 Å². The maximum absolute atomic E-state index is 5.13. The zero-order valence-electron chi connectivity index (χ0n) is 7.43. The highest BCUT2D eigenvalue weighted by Crippen LogP contribution is 2.19. The third-order valence-corrected chi connectivity index (χ3v) is 2.42. The van der Waals surface area contributed by atoms with Crippen molar-refractivity contribution in [1.29, 1.82) is 0 Å². The van der Waals surface area contributed by atoms with E-state index in [2.05, 4.69) is 30.1 Å². The average Bonchev–Trinajstić information content (AvgIpc) is 1.81. The molecule has 0 aromatic carbocycles. The molecule has 62 valence electrons. The average molecular weight is 170 g/mol. The number of hydrogen-bond donors (Lipinski definition) is 1. The first-order valence-corrected chi connectivity index (χ1v) is 4.08. The van der Waals surface area contributed by atoms with Crippen LogP contribution in [0.5, 0.6) is 0 Å². The minimum absolute atomic E-state index is 0.0480. The Morgan fingerprint density at radius 1 is 1.55 bits per heavy atom. The Morgan fingerprint density at radius 3 is 2.55 bits per heavy atom. The fourth-order valence-electron chi connectivity index (χ4n) is 1.18. The number of nitrogens with zero attached hydrogens (tertiary/aromatic N) is 1. The molecule has 1 heterocycles. The van der Waals surface area contributed by atoms with E-state index in [1.54, 1.807) is 0 Å². The van der Waals surface area contributed by atoms with Crippen molar-refractivity contribution in [2.45, 2.75) is 26.3 Å². The van der Waals surface area contributed by atoms with Gasteiger partial charge in [0.15, 0.2) is 5.11 Å². The number of nitrogens with one attached hydrogen (secondary N) is 1. The van der Waals surface area contributed by atoms with E-state index < -0.39 is 0 Å². The summed E-state index contributed by atoms with van der Waals surface area (Å²) < 4.78 is 0. The number of allylic oxidation sites excluding steroid dienone is 1. The summed E-state index contributed by atoms with van der Waals surface area (Å²) in [4.78, 5) is 2.05. The van der Waals surface area contributed by atoms with Crippen LogP contribution in [0.2, 0.25) is 0 Å². The van der Waals surface area contributed by atoms with Crippen molar-refractivity contribution >= 4 is 17.3 Å². The minimum Gasteiger partial charge on any atom is -0.343 e. The zero-order chi connectivity index (χ0) is 8.65. The van der Waals surface area contributed by atoms with Gasteiger partial charge in [-0.15, -0.1) is 0 Å². The maximum atomic E-state index is 5.13. The highest BCUT2D eigenvalue weighted by molar-refractivity contribution is 7.80. The summed E-state index contributed by atoms with van der Waals surface area (Å²) in [6.07, 6.45) is 2.17. The summed E-state index contributed by atoms with van der Waals surface area (Å²) in [6.45, 7) is 6.31. The maximum Gasteiger partial charge on any atom is 0.173 e. The predicted molar refractivity (Wildman–Crippen MR) is 51.3 cm³/mol. The molecule has 0 amide bonds. The Balaban J connectivity index is 2.97. The summed E-state index contributed by atoms with van der Waals surface area (Å²) in [5.74, 6) is 0. The Bertz CT molecular complexity index is 218. The molecule has 0 aromatic heterocycles. The van der Waals surface area contributed by atoms with Crippen molar-refractivity contribution in [2.75, 3.05) is 7.05 Å². The van der Waals surface area contributed by atoms with Gasteiger partial charge in [-0.2, -0.15) is 0 Å². The van der Waals surface area contributed by atoms with E-state index >= 15 is 0 Å². The van der Waals surface area contributed by atoms with Crippen LogP contribution < -0.4 is 5.32 Å². The van der Waals surface area contributed by atoms with Crippen LogP contribution in [0.1, 0.15) is 20.8 Å². The second kappa shape index (κ2) is 2.48. The van der Waals surface area contributed by atoms with Crippen molar-refractivity contribution in [2.24, 2.45) is 0 Å². The van der Waals surface area contributed by atoms with Crippen molar-refractivity contribution in [3.8, 4) is 0 Å². The van der Waals surface area contributed by atoms with E-state index in [1.165, 1.54) is 0 Å². The van der Waals surface area contributed by atoms with Crippen LogP contribution in [0.3, 0.4) is 0 Å². The smallest absolute Gasteiger partial charge is 0.173 e. The van der Waals surface area contributed by atoms with Crippen LogP contribution in [-0.4, -0.2) is 22.6 Å². The first-order chi connectivity index (χ1) is 4.93. The van der Waals surface area contributed by atoms with E-state index in [0.717, 1.165) is 10.8 Å². The summed E-state index contributed by atoms with van der Waals surface area (Å²) in [7, 11) is 2.00. The van der Waals surface area contributed by atoms with Gasteiger partial charge in [-0.1, -0.05) is 0 Å². The molecule has 0 aromatic rings. The number of likely N-dealkylation sites (N-methyl/N-ethyl adjacent to an activating group) is 1. The lowest BCUT2D eigenvalue weighted by Crippen LogP contribution is -2.51. The summed E-state index contributed by atoms with van der Waals surface area (Å²) in [5, 5.41) is 3.90. The van der Waals surface area contributed by atoms with Gasteiger partial charge in [-0.3, -0.25) is 0 Å². The van der Waals surface area contributed by atoms with E-state index in [9.17, 15) is 0 Å². The second-order valence-electron chi connectivity index (χ2n) is 3.47. The van der Waals surface area contributed by atoms with Gasteiger partial charge in [-0.05, 0) is 39.1 Å². The highest BCUT2D eigenvalue weighted by atomic mass is 32.1. The van der Waals surface area contributed by atoms with Crippen molar-refractivity contribution < 1.29 is 0 Å². The molecular formula is C8H14N2S. The van der Waals surface area contributed by atoms with Crippen LogP contribution in [0.15, 0.2) is 11.8 Å². The van der Waals surface area contributed by atoms with E-state index in [-0.39, 0.29) is 5.54 Å². The molecule has 0 saturated heterocycles.